The summed E-state index contributed by atoms with van der Waals surface area (Å²) in [6, 6.07) is 7.50. The molecule has 3 rings (SSSR count). The van der Waals surface area contributed by atoms with Gasteiger partial charge in [-0.05, 0) is 38.2 Å². The number of hydrogen-bond donors (Lipinski definition) is 1. The highest BCUT2D eigenvalue weighted by Gasteiger charge is 2.16. The molecule has 23 heavy (non-hydrogen) atoms. The van der Waals surface area contributed by atoms with Crippen LogP contribution in [0.4, 0.5) is 0 Å². The molecule has 0 saturated carbocycles. The fraction of sp³-hybridized carbons (Fsp3) is 0.368. The summed E-state index contributed by atoms with van der Waals surface area (Å²) in [5, 5.41) is 3.80. The zero-order valence-corrected chi connectivity index (χ0v) is 13.5. The molecule has 0 fully saturated rings. The van der Waals surface area contributed by atoms with Crippen LogP contribution in [0.3, 0.4) is 0 Å². The Labute approximate surface area is 136 Å². The van der Waals surface area contributed by atoms with Gasteiger partial charge in [0.15, 0.2) is 0 Å². The van der Waals surface area contributed by atoms with Gasteiger partial charge in [-0.15, -0.1) is 0 Å². The molecule has 0 spiro atoms. The standard InChI is InChI=1S/C19H22N2O2/c1-14(22)21-13-17(16-9-5-6-10-18(16)21)19(23)20-12-11-15-7-3-2-4-8-15/h5-7,9-10,13H,2-4,8,11-12H2,1H3,(H,20,23). The molecule has 0 unspecified atom stereocenters. The number of allylic oxidation sites excluding steroid dienone is 1. The molecule has 0 bridgehead atoms. The van der Waals surface area contributed by atoms with Crippen molar-refractivity contribution in [3.8, 4) is 0 Å². The zero-order valence-electron chi connectivity index (χ0n) is 13.5. The first-order valence-electron chi connectivity index (χ1n) is 8.24. The third-order valence-electron chi connectivity index (χ3n) is 4.41. The van der Waals surface area contributed by atoms with Crippen molar-refractivity contribution in [2.24, 2.45) is 0 Å². The molecule has 4 heteroatoms. The lowest BCUT2D eigenvalue weighted by atomic mass is 9.97. The maximum absolute atomic E-state index is 12.5. The van der Waals surface area contributed by atoms with Gasteiger partial charge in [0, 0.05) is 25.1 Å². The lowest BCUT2D eigenvalue weighted by molar-refractivity contribution is 0.0941. The Morgan fingerprint density at radius 1 is 1.22 bits per heavy atom. The van der Waals surface area contributed by atoms with Gasteiger partial charge < -0.3 is 5.32 Å². The molecule has 1 aliphatic carbocycles. The number of aromatic nitrogens is 1. The van der Waals surface area contributed by atoms with Crippen molar-refractivity contribution in [3.63, 3.8) is 0 Å². The van der Waals surface area contributed by atoms with E-state index in [2.05, 4.69) is 11.4 Å². The van der Waals surface area contributed by atoms with Crippen molar-refractivity contribution < 1.29 is 9.59 Å². The molecule has 120 valence electrons. The summed E-state index contributed by atoms with van der Waals surface area (Å²) in [6.45, 7) is 2.15. The minimum atomic E-state index is -0.113. The maximum Gasteiger partial charge on any atom is 0.253 e. The normalized spacial score (nSPS) is 14.6. The van der Waals surface area contributed by atoms with Crippen molar-refractivity contribution in [2.45, 2.75) is 39.0 Å². The number of hydrogen-bond acceptors (Lipinski definition) is 2. The van der Waals surface area contributed by atoms with Gasteiger partial charge in [-0.25, -0.2) is 0 Å². The van der Waals surface area contributed by atoms with E-state index in [0.29, 0.717) is 12.1 Å². The molecule has 2 aromatic rings. The lowest BCUT2D eigenvalue weighted by Crippen LogP contribution is -2.24. The Kier molecular flexibility index (Phi) is 4.60. The molecule has 1 aromatic heterocycles. The van der Waals surface area contributed by atoms with E-state index in [1.807, 2.05) is 24.3 Å². The van der Waals surface area contributed by atoms with Crippen LogP contribution in [0.2, 0.25) is 0 Å². The number of amides is 1. The van der Waals surface area contributed by atoms with Crippen LogP contribution < -0.4 is 5.32 Å². The Balaban J connectivity index is 1.73. The van der Waals surface area contributed by atoms with Crippen molar-refractivity contribution in [3.05, 3.63) is 47.7 Å². The summed E-state index contributed by atoms with van der Waals surface area (Å²) in [5.41, 5.74) is 2.79. The molecule has 0 aliphatic heterocycles. The summed E-state index contributed by atoms with van der Waals surface area (Å²) < 4.78 is 1.54. The van der Waals surface area contributed by atoms with Gasteiger partial charge in [-0.3, -0.25) is 14.2 Å². The number of fused-ring (bicyclic) bond motifs is 1. The summed E-state index contributed by atoms with van der Waals surface area (Å²) >= 11 is 0. The van der Waals surface area contributed by atoms with Gasteiger partial charge in [0.2, 0.25) is 5.91 Å². The molecule has 1 N–H and O–H groups in total. The van der Waals surface area contributed by atoms with Gasteiger partial charge >= 0.3 is 0 Å². The van der Waals surface area contributed by atoms with E-state index in [-0.39, 0.29) is 11.8 Å². The third-order valence-corrected chi connectivity index (χ3v) is 4.41. The first kappa shape index (κ1) is 15.5. The first-order chi connectivity index (χ1) is 11.2. The summed E-state index contributed by atoms with van der Waals surface area (Å²) in [4.78, 5) is 24.2. The summed E-state index contributed by atoms with van der Waals surface area (Å²) in [6.07, 6.45) is 9.71. The van der Waals surface area contributed by atoms with Crippen molar-refractivity contribution >= 4 is 22.7 Å². The smallest absolute Gasteiger partial charge is 0.253 e. The second-order valence-electron chi connectivity index (χ2n) is 6.06. The predicted molar refractivity (Wildman–Crippen MR) is 91.7 cm³/mol. The molecule has 1 aliphatic rings. The highest BCUT2D eigenvalue weighted by Crippen LogP contribution is 2.22. The van der Waals surface area contributed by atoms with E-state index in [4.69, 9.17) is 0 Å². The molecule has 0 atom stereocenters. The number of para-hydroxylation sites is 1. The number of rotatable bonds is 4. The molecular weight excluding hydrogens is 288 g/mol. The largest absolute Gasteiger partial charge is 0.352 e. The SMILES string of the molecule is CC(=O)n1cc(C(=O)NCCC2=CCCCC2)c2ccccc21. The highest BCUT2D eigenvalue weighted by atomic mass is 16.2. The van der Waals surface area contributed by atoms with E-state index >= 15 is 0 Å². The minimum absolute atomic E-state index is 0.0902. The molecule has 1 aromatic carbocycles. The summed E-state index contributed by atoms with van der Waals surface area (Å²) in [7, 11) is 0. The molecule has 0 saturated heterocycles. The topological polar surface area (TPSA) is 51.1 Å². The van der Waals surface area contributed by atoms with Crippen molar-refractivity contribution in [1.29, 1.82) is 0 Å². The Morgan fingerprint density at radius 2 is 2.04 bits per heavy atom. The number of carbonyl (C=O) groups is 2. The molecule has 1 heterocycles. The van der Waals surface area contributed by atoms with Crippen LogP contribution in [0, 0.1) is 0 Å². The fourth-order valence-corrected chi connectivity index (χ4v) is 3.18. The van der Waals surface area contributed by atoms with E-state index in [0.717, 1.165) is 30.2 Å². The number of carbonyl (C=O) groups excluding carboxylic acids is 2. The van der Waals surface area contributed by atoms with E-state index in [9.17, 15) is 9.59 Å². The van der Waals surface area contributed by atoms with Crippen LogP contribution in [0.15, 0.2) is 42.1 Å². The van der Waals surface area contributed by atoms with Crippen molar-refractivity contribution in [1.82, 2.24) is 9.88 Å². The molecule has 4 nitrogen and oxygen atoms in total. The number of nitrogens with one attached hydrogen (secondary N) is 1. The van der Waals surface area contributed by atoms with Gasteiger partial charge in [0.05, 0.1) is 11.1 Å². The van der Waals surface area contributed by atoms with E-state index in [1.54, 1.807) is 6.20 Å². The van der Waals surface area contributed by atoms with Crippen LogP contribution in [-0.2, 0) is 0 Å². The molecular formula is C19H22N2O2. The Bertz CT molecular complexity index is 771. The Morgan fingerprint density at radius 3 is 2.78 bits per heavy atom. The highest BCUT2D eigenvalue weighted by molar-refractivity contribution is 6.09. The first-order valence-corrected chi connectivity index (χ1v) is 8.24. The lowest BCUT2D eigenvalue weighted by Gasteiger charge is -2.12. The number of nitrogens with zero attached hydrogens (tertiary/aromatic N) is 1. The van der Waals surface area contributed by atoms with Crippen molar-refractivity contribution in [2.75, 3.05) is 6.54 Å². The van der Waals surface area contributed by atoms with Gasteiger partial charge in [-0.2, -0.15) is 0 Å². The average molecular weight is 310 g/mol. The maximum atomic E-state index is 12.5. The van der Waals surface area contributed by atoms with Gasteiger partial charge in [-0.1, -0.05) is 29.8 Å². The van der Waals surface area contributed by atoms with Crippen LogP contribution in [0.5, 0.6) is 0 Å². The number of benzene rings is 1. The van der Waals surface area contributed by atoms with Gasteiger partial charge in [0.25, 0.3) is 5.91 Å². The quantitative estimate of drug-likeness (QED) is 0.870. The zero-order chi connectivity index (χ0) is 16.2. The Hall–Kier alpha value is -2.36. The van der Waals surface area contributed by atoms with E-state index in [1.165, 1.54) is 29.9 Å². The van der Waals surface area contributed by atoms with Crippen LogP contribution in [0.25, 0.3) is 10.9 Å². The average Bonchev–Trinajstić information content (AvgIpc) is 2.96. The monoisotopic (exact) mass is 310 g/mol. The van der Waals surface area contributed by atoms with Crippen LogP contribution in [-0.4, -0.2) is 22.9 Å². The predicted octanol–water partition coefficient (Wildman–Crippen LogP) is 3.92. The summed E-state index contributed by atoms with van der Waals surface area (Å²) in [5.74, 6) is -0.203. The van der Waals surface area contributed by atoms with Crippen LogP contribution >= 0.6 is 0 Å². The molecule has 0 radical (unpaired) electrons. The fourth-order valence-electron chi connectivity index (χ4n) is 3.18. The third kappa shape index (κ3) is 3.36. The second kappa shape index (κ2) is 6.82. The van der Waals surface area contributed by atoms with Crippen LogP contribution in [0.1, 0.15) is 54.2 Å². The van der Waals surface area contributed by atoms with E-state index < -0.39 is 0 Å². The van der Waals surface area contributed by atoms with Gasteiger partial charge in [0.1, 0.15) is 0 Å². The second-order valence-corrected chi connectivity index (χ2v) is 6.06. The molecule has 1 amide bonds. The minimum Gasteiger partial charge on any atom is -0.352 e.